The topological polar surface area (TPSA) is 26.0 Å². The summed E-state index contributed by atoms with van der Waals surface area (Å²) < 4.78 is 14.7. The number of thiophene rings is 1. The molecule has 2 unspecified atom stereocenters. The summed E-state index contributed by atoms with van der Waals surface area (Å²) >= 11 is 5.11. The maximum absolute atomic E-state index is 13.9. The summed E-state index contributed by atoms with van der Waals surface area (Å²) in [5, 5.41) is 2.15. The molecule has 0 saturated heterocycles. The molecule has 0 fully saturated rings. The molecule has 0 bridgehead atoms. The Morgan fingerprint density at radius 3 is 3.05 bits per heavy atom. The Morgan fingerprint density at radius 2 is 2.25 bits per heavy atom. The molecule has 20 heavy (non-hydrogen) atoms. The van der Waals surface area contributed by atoms with Gasteiger partial charge in [0.25, 0.3) is 0 Å². The highest BCUT2D eigenvalue weighted by atomic mass is 79.9. The van der Waals surface area contributed by atoms with Crippen LogP contribution in [-0.2, 0) is 12.8 Å². The van der Waals surface area contributed by atoms with E-state index in [1.165, 1.54) is 29.3 Å². The number of hydrogen-bond donors (Lipinski definition) is 1. The highest BCUT2D eigenvalue weighted by molar-refractivity contribution is 9.10. The highest BCUT2D eigenvalue weighted by Crippen LogP contribution is 2.37. The van der Waals surface area contributed by atoms with Crippen molar-refractivity contribution < 1.29 is 4.39 Å². The molecular weight excluding hydrogens is 337 g/mol. The smallest absolute Gasteiger partial charge is 0.127 e. The third-order valence-electron chi connectivity index (χ3n) is 4.09. The van der Waals surface area contributed by atoms with Gasteiger partial charge < -0.3 is 5.73 Å². The Morgan fingerprint density at radius 1 is 1.40 bits per heavy atom. The lowest BCUT2D eigenvalue weighted by molar-refractivity contribution is 0.457. The number of aryl methyl sites for hydroxylation is 1. The van der Waals surface area contributed by atoms with Crippen molar-refractivity contribution in [3.8, 4) is 0 Å². The molecule has 2 atom stereocenters. The second-order valence-electron chi connectivity index (χ2n) is 5.40. The first-order valence-electron chi connectivity index (χ1n) is 6.91. The SMILES string of the molecule is NC(Cc1ccc(Br)cc1F)C1CCCc2sccc21. The van der Waals surface area contributed by atoms with Gasteiger partial charge >= 0.3 is 0 Å². The number of hydrogen-bond acceptors (Lipinski definition) is 2. The second-order valence-corrected chi connectivity index (χ2v) is 7.32. The van der Waals surface area contributed by atoms with Gasteiger partial charge in [-0.2, -0.15) is 0 Å². The largest absolute Gasteiger partial charge is 0.327 e. The van der Waals surface area contributed by atoms with Gasteiger partial charge in [0.05, 0.1) is 0 Å². The fourth-order valence-electron chi connectivity index (χ4n) is 3.05. The maximum Gasteiger partial charge on any atom is 0.127 e. The lowest BCUT2D eigenvalue weighted by Crippen LogP contribution is -2.32. The van der Waals surface area contributed by atoms with Crippen molar-refractivity contribution in [3.05, 3.63) is 55.9 Å². The molecule has 0 amide bonds. The molecule has 1 aromatic carbocycles. The summed E-state index contributed by atoms with van der Waals surface area (Å²) in [7, 11) is 0. The summed E-state index contributed by atoms with van der Waals surface area (Å²) in [6.45, 7) is 0. The predicted octanol–water partition coefficient (Wildman–Crippen LogP) is 4.64. The van der Waals surface area contributed by atoms with E-state index in [1.54, 1.807) is 0 Å². The van der Waals surface area contributed by atoms with Crippen molar-refractivity contribution in [2.45, 2.75) is 37.6 Å². The number of fused-ring (bicyclic) bond motifs is 1. The molecule has 0 spiro atoms. The van der Waals surface area contributed by atoms with Crippen LogP contribution in [0.15, 0.2) is 34.1 Å². The molecule has 1 aliphatic rings. The van der Waals surface area contributed by atoms with E-state index in [0.29, 0.717) is 17.9 Å². The van der Waals surface area contributed by atoms with Crippen molar-refractivity contribution in [1.29, 1.82) is 0 Å². The molecule has 1 nitrogen and oxygen atoms in total. The van der Waals surface area contributed by atoms with Gasteiger partial charge in [-0.3, -0.25) is 0 Å². The fraction of sp³-hybridized carbons (Fsp3) is 0.375. The zero-order chi connectivity index (χ0) is 14.1. The summed E-state index contributed by atoms with van der Waals surface area (Å²) in [4.78, 5) is 1.47. The molecule has 106 valence electrons. The molecule has 1 aromatic heterocycles. The Balaban J connectivity index is 1.79. The van der Waals surface area contributed by atoms with Gasteiger partial charge in [0.15, 0.2) is 0 Å². The van der Waals surface area contributed by atoms with Crippen LogP contribution in [-0.4, -0.2) is 6.04 Å². The van der Waals surface area contributed by atoms with Gasteiger partial charge in [-0.1, -0.05) is 22.0 Å². The lowest BCUT2D eigenvalue weighted by atomic mass is 9.81. The zero-order valence-corrected chi connectivity index (χ0v) is 13.5. The van der Waals surface area contributed by atoms with Crippen molar-refractivity contribution in [2.24, 2.45) is 5.73 Å². The van der Waals surface area contributed by atoms with Crippen LogP contribution in [0.5, 0.6) is 0 Å². The quantitative estimate of drug-likeness (QED) is 0.854. The van der Waals surface area contributed by atoms with Crippen LogP contribution in [0, 0.1) is 5.82 Å². The molecule has 1 aliphatic carbocycles. The molecule has 3 rings (SSSR count). The number of rotatable bonds is 3. The molecule has 1 heterocycles. The van der Waals surface area contributed by atoms with E-state index < -0.39 is 0 Å². The summed E-state index contributed by atoms with van der Waals surface area (Å²) in [6.07, 6.45) is 4.07. The lowest BCUT2D eigenvalue weighted by Gasteiger charge is -2.28. The van der Waals surface area contributed by atoms with Crippen molar-refractivity contribution >= 4 is 27.3 Å². The molecular formula is C16H17BrFNS. The zero-order valence-electron chi connectivity index (χ0n) is 11.1. The number of nitrogens with two attached hydrogens (primary N) is 1. The predicted molar refractivity (Wildman–Crippen MR) is 85.8 cm³/mol. The van der Waals surface area contributed by atoms with Gasteiger partial charge in [0, 0.05) is 21.3 Å². The van der Waals surface area contributed by atoms with E-state index >= 15 is 0 Å². The van der Waals surface area contributed by atoms with Crippen molar-refractivity contribution in [1.82, 2.24) is 0 Å². The second kappa shape index (κ2) is 5.96. The first kappa shape index (κ1) is 14.2. The average molecular weight is 354 g/mol. The van der Waals surface area contributed by atoms with E-state index in [2.05, 4.69) is 27.4 Å². The van der Waals surface area contributed by atoms with Crippen LogP contribution in [0.2, 0.25) is 0 Å². The van der Waals surface area contributed by atoms with Crippen molar-refractivity contribution in [2.75, 3.05) is 0 Å². The minimum Gasteiger partial charge on any atom is -0.327 e. The molecule has 0 radical (unpaired) electrons. The van der Waals surface area contributed by atoms with Crippen LogP contribution < -0.4 is 5.73 Å². The van der Waals surface area contributed by atoms with Crippen LogP contribution in [0.4, 0.5) is 4.39 Å². The molecule has 0 saturated carbocycles. The average Bonchev–Trinajstić information content (AvgIpc) is 2.90. The Hall–Kier alpha value is -0.710. The van der Waals surface area contributed by atoms with Crippen molar-refractivity contribution in [3.63, 3.8) is 0 Å². The third kappa shape index (κ3) is 2.83. The van der Waals surface area contributed by atoms with Crippen LogP contribution in [0.1, 0.15) is 34.8 Å². The summed E-state index contributed by atoms with van der Waals surface area (Å²) in [5.41, 5.74) is 8.49. The van der Waals surface area contributed by atoms with E-state index in [1.807, 2.05) is 23.5 Å². The van der Waals surface area contributed by atoms with Crippen LogP contribution in [0.3, 0.4) is 0 Å². The van der Waals surface area contributed by atoms with Crippen LogP contribution in [0.25, 0.3) is 0 Å². The van der Waals surface area contributed by atoms with Gasteiger partial charge in [0.1, 0.15) is 5.82 Å². The minimum atomic E-state index is -0.170. The van der Waals surface area contributed by atoms with E-state index in [4.69, 9.17) is 5.73 Å². The number of halogens is 2. The first-order valence-corrected chi connectivity index (χ1v) is 8.58. The van der Waals surface area contributed by atoms with E-state index in [9.17, 15) is 4.39 Å². The van der Waals surface area contributed by atoms with Gasteiger partial charge in [-0.15, -0.1) is 11.3 Å². The monoisotopic (exact) mass is 353 g/mol. The molecule has 2 aromatic rings. The third-order valence-corrected chi connectivity index (χ3v) is 5.58. The summed E-state index contributed by atoms with van der Waals surface area (Å²) in [6, 6.07) is 7.40. The van der Waals surface area contributed by atoms with Gasteiger partial charge in [-0.25, -0.2) is 4.39 Å². The normalized spacial score (nSPS) is 19.6. The van der Waals surface area contributed by atoms with E-state index in [-0.39, 0.29) is 11.9 Å². The van der Waals surface area contributed by atoms with Gasteiger partial charge in [-0.05, 0) is 60.4 Å². The minimum absolute atomic E-state index is 0.0145. The fourth-order valence-corrected chi connectivity index (χ4v) is 4.38. The van der Waals surface area contributed by atoms with Crippen LogP contribution >= 0.6 is 27.3 Å². The van der Waals surface area contributed by atoms with E-state index in [0.717, 1.165) is 10.9 Å². The Kier molecular flexibility index (Phi) is 4.24. The Bertz CT molecular complexity index is 610. The molecule has 4 heteroatoms. The molecule has 0 aliphatic heterocycles. The Labute approximate surface area is 131 Å². The molecule has 2 N–H and O–H groups in total. The maximum atomic E-state index is 13.9. The standard InChI is InChI=1S/C16H17BrFNS/c17-11-5-4-10(14(18)9-11)8-15(19)12-2-1-3-16-13(12)6-7-20-16/h4-7,9,12,15H,1-3,8,19H2. The van der Waals surface area contributed by atoms with Gasteiger partial charge in [0.2, 0.25) is 0 Å². The highest BCUT2D eigenvalue weighted by Gasteiger charge is 2.27. The first-order chi connectivity index (χ1) is 9.65. The number of benzene rings is 1. The summed E-state index contributed by atoms with van der Waals surface area (Å²) in [5.74, 6) is 0.198.